The number of aryl methyl sites for hydroxylation is 2. The van der Waals surface area contributed by atoms with Crippen molar-refractivity contribution in [2.45, 2.75) is 66.2 Å². The maximum absolute atomic E-state index is 7.14. The van der Waals surface area contributed by atoms with Gasteiger partial charge in [-0.25, -0.2) is 4.98 Å². The lowest BCUT2D eigenvalue weighted by molar-refractivity contribution is 0.186. The molecule has 10 rings (SSSR count). The minimum atomic E-state index is -0.112. The lowest BCUT2D eigenvalue weighted by atomic mass is 9.86. The number of hydrogen-bond donors (Lipinski definition) is 0. The largest absolute Gasteiger partial charge is 0.457 e. The highest BCUT2D eigenvalue weighted by Crippen LogP contribution is 2.65. The number of nitrogens with zero attached hydrogens (tertiary/aromatic N) is 4. The van der Waals surface area contributed by atoms with Gasteiger partial charge < -0.3 is 4.74 Å². The van der Waals surface area contributed by atoms with Crippen LogP contribution in [0.25, 0.3) is 11.1 Å². The summed E-state index contributed by atoms with van der Waals surface area (Å²) < 4.78 is 8.54. The lowest BCUT2D eigenvalue weighted by Gasteiger charge is -2.56. The number of ether oxygens (including phenoxy) is 1. The number of rotatable bonds is 8. The monoisotopic (exact) mass is 761 g/mol. The van der Waals surface area contributed by atoms with Gasteiger partial charge in [-0.2, -0.15) is 0 Å². The van der Waals surface area contributed by atoms with Crippen LogP contribution in [0, 0.1) is 20.5 Å². The Balaban J connectivity index is 1.20. The molecule has 2 bridgehead atoms. The fourth-order valence-corrected chi connectivity index (χ4v) is 8.64. The predicted molar refractivity (Wildman–Crippen MR) is 243 cm³/mol. The first kappa shape index (κ1) is 37.6. The van der Waals surface area contributed by atoms with Crippen molar-refractivity contribution in [2.24, 2.45) is 0 Å². The highest BCUT2D eigenvalue weighted by Gasteiger charge is 2.63. The van der Waals surface area contributed by atoms with Crippen LogP contribution in [0.2, 0.25) is 0 Å². The Bertz CT molecular complexity index is 2630. The van der Waals surface area contributed by atoms with Gasteiger partial charge in [0.1, 0.15) is 28.7 Å². The first-order chi connectivity index (χ1) is 27.7. The average Bonchev–Trinajstić information content (AvgIpc) is 3.63. The zero-order valence-corrected chi connectivity index (χ0v) is 35.0. The van der Waals surface area contributed by atoms with Crippen LogP contribution in [0.4, 0.5) is 39.9 Å². The van der Waals surface area contributed by atoms with E-state index in [1.54, 1.807) is 0 Å². The molecule has 2 atom stereocenters. The van der Waals surface area contributed by atoms with Crippen LogP contribution in [-0.2, 0) is 10.8 Å². The van der Waals surface area contributed by atoms with E-state index in [2.05, 4.69) is 219 Å². The van der Waals surface area contributed by atoms with E-state index in [-0.39, 0.29) is 10.8 Å². The maximum atomic E-state index is 7.14. The highest BCUT2D eigenvalue weighted by molar-refractivity contribution is 5.90. The molecule has 1 saturated heterocycles. The number of hydrogen-bond acceptors (Lipinski definition) is 3. The van der Waals surface area contributed by atoms with Crippen LogP contribution in [-0.4, -0.2) is 11.7 Å². The van der Waals surface area contributed by atoms with Gasteiger partial charge in [-0.3, -0.25) is 13.9 Å². The van der Waals surface area contributed by atoms with Gasteiger partial charge in [0.2, 0.25) is 0 Å². The van der Waals surface area contributed by atoms with E-state index >= 15 is 0 Å². The van der Waals surface area contributed by atoms with Gasteiger partial charge in [0.15, 0.2) is 18.0 Å². The summed E-state index contributed by atoms with van der Waals surface area (Å²) in [6, 6.07) is 54.7. The summed E-state index contributed by atoms with van der Waals surface area (Å²) in [4.78, 5) is 7.21. The molecule has 0 radical (unpaired) electrons. The molecule has 3 aliphatic rings. The van der Waals surface area contributed by atoms with Crippen molar-refractivity contribution in [2.75, 3.05) is 11.6 Å². The molecular weight excluding hydrogens is 709 g/mol. The smallest absolute Gasteiger partial charge is 0.186 e. The van der Waals surface area contributed by atoms with Gasteiger partial charge in [0, 0.05) is 42.2 Å². The molecule has 6 aromatic carbocycles. The number of aromatic nitrogens is 1. The van der Waals surface area contributed by atoms with E-state index in [0.29, 0.717) is 4.48 Å². The summed E-state index contributed by atoms with van der Waals surface area (Å²) in [6.45, 7) is 21.4. The molecule has 3 aliphatic heterocycles. The Hall–Kier alpha value is -6.01. The topological polar surface area (TPSA) is 25.4 Å². The average molecular weight is 762 g/mol. The molecule has 0 saturated carbocycles. The molecular formula is C53H53N4O+. The molecule has 0 N–H and O–H groups in total. The van der Waals surface area contributed by atoms with Crippen LogP contribution in [0.3, 0.4) is 0 Å². The fraction of sp³-hybridized carbons (Fsp3) is 0.208. The van der Waals surface area contributed by atoms with Crippen molar-refractivity contribution >= 4 is 39.9 Å². The first-order valence-corrected chi connectivity index (χ1v) is 20.4. The Kier molecular flexibility index (Phi) is 8.96. The van der Waals surface area contributed by atoms with E-state index < -0.39 is 0 Å². The zero-order chi connectivity index (χ0) is 40.5. The van der Waals surface area contributed by atoms with E-state index in [1.807, 2.05) is 6.20 Å². The van der Waals surface area contributed by atoms with E-state index in [4.69, 9.17) is 9.72 Å². The summed E-state index contributed by atoms with van der Waals surface area (Å²) in [5, 5.41) is 0. The molecule has 1 aromatic heterocycles. The predicted octanol–water partition coefficient (Wildman–Crippen LogP) is 14.6. The summed E-state index contributed by atoms with van der Waals surface area (Å²) in [5.74, 6) is 2.44. The minimum Gasteiger partial charge on any atom is -0.457 e. The SMILES string of the molecule is Cc1cc2c(cc1C)[N@+]1(c3cc(Oc4cc(-c5ccccc5)cc(N(c5ccccc5)c5cc(C(C)(C)C)ccn5)c4)cc(C(C)(C)C)c3)[CH-][N@@+]2(c2ccccc2)C1. The van der Waals surface area contributed by atoms with Crippen LogP contribution in [0.15, 0.2) is 158 Å². The summed E-state index contributed by atoms with van der Waals surface area (Å²) in [6.07, 6.45) is 1.92. The van der Waals surface area contributed by atoms with E-state index in [1.165, 1.54) is 45.0 Å². The normalized spacial score (nSPS) is 18.3. The van der Waals surface area contributed by atoms with Crippen molar-refractivity contribution in [3.63, 3.8) is 0 Å². The number of benzene rings is 6. The molecule has 0 amide bonds. The van der Waals surface area contributed by atoms with Crippen molar-refractivity contribution in [1.29, 1.82) is 0 Å². The quantitative estimate of drug-likeness (QED) is 0.114. The third-order valence-corrected chi connectivity index (χ3v) is 12.1. The lowest BCUT2D eigenvalue weighted by Crippen LogP contribution is -2.67. The third kappa shape index (κ3) is 6.49. The standard InChI is InChI=1S/C53H53N4O/c1-37-26-49-50(27-38(37)2)57(35-56(49,36-57)45-22-16-11-17-23-45)46-30-42(53(6,7)8)31-48(34-46)58-47-29-40(39-18-12-9-13-19-39)28-44(33-47)55(43-20-14-10-15-21-43)51-32-41(24-25-54-51)52(3,4)5/h9-35H,36H2,1-8H3/q+1/t56-,57+/m0/s1. The molecule has 5 nitrogen and oxygen atoms in total. The molecule has 58 heavy (non-hydrogen) atoms. The molecule has 290 valence electrons. The molecule has 1 fully saturated rings. The van der Waals surface area contributed by atoms with E-state index in [0.717, 1.165) is 51.0 Å². The van der Waals surface area contributed by atoms with Gasteiger partial charge in [0.25, 0.3) is 0 Å². The molecule has 5 heteroatoms. The Morgan fingerprint density at radius 2 is 1.10 bits per heavy atom. The second-order valence-electron chi connectivity index (χ2n) is 18.2. The van der Waals surface area contributed by atoms with Crippen molar-refractivity contribution in [3.05, 3.63) is 187 Å². The summed E-state index contributed by atoms with van der Waals surface area (Å²) in [5.41, 5.74) is 14.3. The zero-order valence-electron chi connectivity index (χ0n) is 35.0. The summed E-state index contributed by atoms with van der Waals surface area (Å²) >= 11 is 0. The first-order valence-electron chi connectivity index (χ1n) is 20.4. The Morgan fingerprint density at radius 1 is 0.534 bits per heavy atom. The summed E-state index contributed by atoms with van der Waals surface area (Å²) in [7, 11) is 0. The van der Waals surface area contributed by atoms with Crippen LogP contribution < -0.4 is 18.6 Å². The second-order valence-corrected chi connectivity index (χ2v) is 18.2. The van der Waals surface area contributed by atoms with Crippen molar-refractivity contribution in [3.8, 4) is 22.6 Å². The van der Waals surface area contributed by atoms with Crippen LogP contribution >= 0.6 is 0 Å². The number of pyridine rings is 1. The van der Waals surface area contributed by atoms with Gasteiger partial charge in [0.05, 0.1) is 12.4 Å². The van der Waals surface area contributed by atoms with Crippen molar-refractivity contribution in [1.82, 2.24) is 14.0 Å². The molecule has 0 unspecified atom stereocenters. The van der Waals surface area contributed by atoms with Crippen molar-refractivity contribution < 1.29 is 4.74 Å². The second kappa shape index (κ2) is 13.8. The molecule has 0 aliphatic carbocycles. The Morgan fingerprint density at radius 3 is 1.72 bits per heavy atom. The number of quaternary nitrogens is 2. The van der Waals surface area contributed by atoms with Gasteiger partial charge in [-0.1, -0.05) is 108 Å². The third-order valence-electron chi connectivity index (χ3n) is 12.1. The highest BCUT2D eigenvalue weighted by atomic mass is 16.5. The van der Waals surface area contributed by atoms with Crippen LogP contribution in [0.1, 0.15) is 63.8 Å². The maximum Gasteiger partial charge on any atom is 0.186 e. The van der Waals surface area contributed by atoms with E-state index in [9.17, 15) is 0 Å². The van der Waals surface area contributed by atoms with Gasteiger partial charge in [-0.15, -0.1) is 0 Å². The molecule has 4 heterocycles. The van der Waals surface area contributed by atoms with Gasteiger partial charge >= 0.3 is 0 Å². The fourth-order valence-electron chi connectivity index (χ4n) is 8.64. The molecule has 0 spiro atoms. The number of para-hydroxylation sites is 2. The van der Waals surface area contributed by atoms with Gasteiger partial charge in [-0.05, 0) is 113 Å². The minimum absolute atomic E-state index is 0.0388. The Labute approximate surface area is 344 Å². The van der Waals surface area contributed by atoms with Crippen LogP contribution in [0.5, 0.6) is 11.5 Å². The number of anilines is 3. The molecule has 7 aromatic rings.